The van der Waals surface area contributed by atoms with Crippen LogP contribution in [0.15, 0.2) is 51.5 Å². The second-order valence-electron chi connectivity index (χ2n) is 7.35. The molecule has 0 bridgehead atoms. The minimum Gasteiger partial charge on any atom is -0.457 e. The fourth-order valence-corrected chi connectivity index (χ4v) is 4.20. The first-order valence-corrected chi connectivity index (χ1v) is 10.5. The predicted octanol–water partition coefficient (Wildman–Crippen LogP) is 5.02. The number of furan rings is 1. The number of hydrogen-bond donors (Lipinski definition) is 0. The SMILES string of the molecule is CC1=C(C#N)C(=O)N(C[C@@H]2CCCO2)C(=O)/C1=C\c1ccc(-c2ccc(Cl)cc2Cl)o1. The minimum absolute atomic E-state index is 0.0589. The molecular weight excluding hydrogens is 439 g/mol. The summed E-state index contributed by atoms with van der Waals surface area (Å²) in [6, 6.07) is 10.4. The number of ether oxygens (including phenoxy) is 1. The summed E-state index contributed by atoms with van der Waals surface area (Å²) in [5, 5.41) is 10.5. The van der Waals surface area contributed by atoms with Crippen molar-refractivity contribution in [1.29, 1.82) is 5.26 Å². The van der Waals surface area contributed by atoms with Crippen LogP contribution < -0.4 is 0 Å². The van der Waals surface area contributed by atoms with E-state index in [0.29, 0.717) is 39.3 Å². The molecule has 4 rings (SSSR count). The second kappa shape index (κ2) is 8.72. The van der Waals surface area contributed by atoms with Gasteiger partial charge in [0.1, 0.15) is 23.2 Å². The molecule has 1 aromatic heterocycles. The van der Waals surface area contributed by atoms with Gasteiger partial charge in [-0.3, -0.25) is 14.5 Å². The highest BCUT2D eigenvalue weighted by Gasteiger charge is 2.37. The van der Waals surface area contributed by atoms with Gasteiger partial charge in [0.05, 0.1) is 17.7 Å². The van der Waals surface area contributed by atoms with Crippen LogP contribution in [0.25, 0.3) is 17.4 Å². The predicted molar refractivity (Wildman–Crippen MR) is 116 cm³/mol. The van der Waals surface area contributed by atoms with E-state index in [4.69, 9.17) is 32.4 Å². The van der Waals surface area contributed by atoms with Crippen molar-refractivity contribution in [3.8, 4) is 17.4 Å². The summed E-state index contributed by atoms with van der Waals surface area (Å²) in [6.07, 6.45) is 2.97. The molecule has 2 aliphatic heterocycles. The molecule has 31 heavy (non-hydrogen) atoms. The molecule has 158 valence electrons. The number of nitriles is 1. The maximum Gasteiger partial charge on any atom is 0.271 e. The third-order valence-corrected chi connectivity index (χ3v) is 5.89. The largest absolute Gasteiger partial charge is 0.457 e. The zero-order chi connectivity index (χ0) is 22.1. The van der Waals surface area contributed by atoms with E-state index in [2.05, 4.69) is 0 Å². The fourth-order valence-electron chi connectivity index (χ4n) is 3.69. The molecule has 1 fully saturated rings. The molecular formula is C23H18Cl2N2O4. The normalized spacial score (nSPS) is 20.6. The standard InChI is InChI=1S/C23H18Cl2N2O4/c1-13-18(10-15-5-7-21(31-15)17-6-4-14(24)9-20(17)25)22(28)27(23(29)19(13)11-26)12-16-3-2-8-30-16/h4-7,9-10,16H,2-3,8,12H2,1H3/b18-10-/t16-/m0/s1. The molecule has 1 atom stereocenters. The van der Waals surface area contributed by atoms with E-state index in [1.165, 1.54) is 6.08 Å². The number of benzene rings is 1. The summed E-state index contributed by atoms with van der Waals surface area (Å²) in [4.78, 5) is 26.9. The Balaban J connectivity index is 1.69. The van der Waals surface area contributed by atoms with Gasteiger partial charge in [-0.25, -0.2) is 0 Å². The van der Waals surface area contributed by atoms with E-state index < -0.39 is 11.8 Å². The van der Waals surface area contributed by atoms with Gasteiger partial charge in [-0.05, 0) is 61.7 Å². The fraction of sp³-hybridized carbons (Fsp3) is 0.261. The van der Waals surface area contributed by atoms with Crippen LogP contribution in [0, 0.1) is 11.3 Å². The maximum absolute atomic E-state index is 13.1. The molecule has 0 saturated carbocycles. The third kappa shape index (κ3) is 4.17. The lowest BCUT2D eigenvalue weighted by atomic mass is 9.94. The van der Waals surface area contributed by atoms with Crippen molar-refractivity contribution in [3.63, 3.8) is 0 Å². The molecule has 0 spiro atoms. The van der Waals surface area contributed by atoms with E-state index in [0.717, 1.165) is 17.7 Å². The summed E-state index contributed by atoms with van der Waals surface area (Å²) in [5.74, 6) is -0.163. The van der Waals surface area contributed by atoms with Crippen LogP contribution in [0.3, 0.4) is 0 Å². The van der Waals surface area contributed by atoms with Crippen LogP contribution in [0.2, 0.25) is 10.0 Å². The van der Waals surface area contributed by atoms with Crippen LogP contribution >= 0.6 is 23.2 Å². The Morgan fingerprint density at radius 3 is 2.71 bits per heavy atom. The topological polar surface area (TPSA) is 83.5 Å². The molecule has 1 aromatic carbocycles. The van der Waals surface area contributed by atoms with E-state index in [9.17, 15) is 14.9 Å². The Bertz CT molecular complexity index is 1170. The summed E-state index contributed by atoms with van der Waals surface area (Å²) in [6.45, 7) is 2.31. The van der Waals surface area contributed by atoms with Gasteiger partial charge in [0.15, 0.2) is 0 Å². The Morgan fingerprint density at radius 1 is 1.23 bits per heavy atom. The van der Waals surface area contributed by atoms with Crippen molar-refractivity contribution in [2.45, 2.75) is 25.9 Å². The highest BCUT2D eigenvalue weighted by Crippen LogP contribution is 2.33. The van der Waals surface area contributed by atoms with Crippen LogP contribution in [0.5, 0.6) is 0 Å². The number of carbonyl (C=O) groups excluding carboxylic acids is 2. The Hall–Kier alpha value is -2.85. The lowest BCUT2D eigenvalue weighted by Gasteiger charge is -2.29. The number of halogens is 2. The number of hydrogen-bond acceptors (Lipinski definition) is 5. The molecule has 3 heterocycles. The van der Waals surface area contributed by atoms with Crippen LogP contribution in [-0.2, 0) is 14.3 Å². The van der Waals surface area contributed by atoms with E-state index in [-0.39, 0.29) is 23.8 Å². The number of amides is 2. The van der Waals surface area contributed by atoms with Crippen molar-refractivity contribution >= 4 is 41.1 Å². The maximum atomic E-state index is 13.1. The molecule has 0 radical (unpaired) electrons. The molecule has 2 aliphatic rings. The van der Waals surface area contributed by atoms with Crippen LogP contribution in [-0.4, -0.2) is 36.0 Å². The molecule has 2 aromatic rings. The van der Waals surface area contributed by atoms with Crippen molar-refractivity contribution in [2.75, 3.05) is 13.2 Å². The second-order valence-corrected chi connectivity index (χ2v) is 8.20. The number of imide groups is 1. The number of carbonyl (C=O) groups is 2. The smallest absolute Gasteiger partial charge is 0.271 e. The molecule has 6 nitrogen and oxygen atoms in total. The first-order chi connectivity index (χ1) is 14.9. The Labute approximate surface area is 189 Å². The molecule has 2 amide bonds. The van der Waals surface area contributed by atoms with Crippen LogP contribution in [0.4, 0.5) is 0 Å². The van der Waals surface area contributed by atoms with E-state index in [1.54, 1.807) is 37.3 Å². The number of nitrogens with zero attached hydrogens (tertiary/aromatic N) is 2. The lowest BCUT2D eigenvalue weighted by molar-refractivity contribution is -0.142. The minimum atomic E-state index is -0.592. The molecule has 0 aliphatic carbocycles. The van der Waals surface area contributed by atoms with Gasteiger partial charge in [0.25, 0.3) is 11.8 Å². The van der Waals surface area contributed by atoms with Crippen molar-refractivity contribution in [1.82, 2.24) is 4.90 Å². The van der Waals surface area contributed by atoms with Crippen molar-refractivity contribution < 1.29 is 18.7 Å². The first kappa shape index (κ1) is 21.4. The average Bonchev–Trinajstić information content (AvgIpc) is 3.41. The molecule has 0 unspecified atom stereocenters. The van der Waals surface area contributed by atoms with Gasteiger partial charge in [0, 0.05) is 22.8 Å². The molecule has 8 heteroatoms. The zero-order valence-electron chi connectivity index (χ0n) is 16.7. The van der Waals surface area contributed by atoms with Gasteiger partial charge < -0.3 is 9.15 Å². The van der Waals surface area contributed by atoms with Crippen molar-refractivity contribution in [3.05, 3.63) is 62.9 Å². The van der Waals surface area contributed by atoms with Gasteiger partial charge in [-0.15, -0.1) is 0 Å². The Kier molecular flexibility index (Phi) is 6.01. The average molecular weight is 457 g/mol. The lowest BCUT2D eigenvalue weighted by Crippen LogP contribution is -2.46. The molecule has 1 saturated heterocycles. The summed E-state index contributed by atoms with van der Waals surface area (Å²) < 4.78 is 11.4. The zero-order valence-corrected chi connectivity index (χ0v) is 18.2. The highest BCUT2D eigenvalue weighted by atomic mass is 35.5. The van der Waals surface area contributed by atoms with Crippen molar-refractivity contribution in [2.24, 2.45) is 0 Å². The van der Waals surface area contributed by atoms with Crippen LogP contribution in [0.1, 0.15) is 25.5 Å². The van der Waals surface area contributed by atoms with E-state index >= 15 is 0 Å². The molecule has 0 N–H and O–H groups in total. The summed E-state index contributed by atoms with van der Waals surface area (Å²) >= 11 is 12.2. The summed E-state index contributed by atoms with van der Waals surface area (Å²) in [5.41, 5.74) is 1.16. The first-order valence-electron chi connectivity index (χ1n) is 9.75. The van der Waals surface area contributed by atoms with Gasteiger partial charge >= 0.3 is 0 Å². The monoisotopic (exact) mass is 456 g/mol. The van der Waals surface area contributed by atoms with Gasteiger partial charge in [0.2, 0.25) is 0 Å². The Morgan fingerprint density at radius 2 is 2.03 bits per heavy atom. The summed E-state index contributed by atoms with van der Waals surface area (Å²) in [7, 11) is 0. The van der Waals surface area contributed by atoms with Gasteiger partial charge in [-0.2, -0.15) is 5.26 Å². The third-order valence-electron chi connectivity index (χ3n) is 5.35. The quantitative estimate of drug-likeness (QED) is 0.475. The van der Waals surface area contributed by atoms with E-state index in [1.807, 2.05) is 6.07 Å². The highest BCUT2D eigenvalue weighted by molar-refractivity contribution is 6.36. The number of rotatable bonds is 4. The van der Waals surface area contributed by atoms with Gasteiger partial charge in [-0.1, -0.05) is 23.2 Å².